The van der Waals surface area contributed by atoms with Crippen LogP contribution >= 0.6 is 12.2 Å². The third kappa shape index (κ3) is 3.52. The number of pyridine rings is 1. The molecule has 1 fully saturated rings. The fourth-order valence-electron chi connectivity index (χ4n) is 4.32. The zero-order valence-electron chi connectivity index (χ0n) is 18.0. The van der Waals surface area contributed by atoms with Crippen molar-refractivity contribution in [3.63, 3.8) is 0 Å². The summed E-state index contributed by atoms with van der Waals surface area (Å²) < 4.78 is 7.91. The van der Waals surface area contributed by atoms with Crippen molar-refractivity contribution < 1.29 is 4.74 Å². The molecule has 0 radical (unpaired) electrons. The molecule has 2 aromatic carbocycles. The Morgan fingerprint density at radius 3 is 2.47 bits per heavy atom. The molecule has 0 bridgehead atoms. The average molecular weight is 441 g/mol. The number of methoxy groups -OCH3 is 1. The van der Waals surface area contributed by atoms with Crippen LogP contribution in [0.5, 0.6) is 5.75 Å². The van der Waals surface area contributed by atoms with Crippen molar-refractivity contribution in [1.29, 1.82) is 0 Å². The van der Waals surface area contributed by atoms with Gasteiger partial charge in [0.15, 0.2) is 5.11 Å². The summed E-state index contributed by atoms with van der Waals surface area (Å²) >= 11 is 5.86. The van der Waals surface area contributed by atoms with Crippen LogP contribution in [-0.4, -0.2) is 21.8 Å². The molecule has 6 heteroatoms. The van der Waals surface area contributed by atoms with E-state index >= 15 is 0 Å². The van der Waals surface area contributed by atoms with Crippen LogP contribution in [0.3, 0.4) is 0 Å². The van der Waals surface area contributed by atoms with Crippen molar-refractivity contribution in [2.45, 2.75) is 19.0 Å². The lowest BCUT2D eigenvalue weighted by molar-refractivity contribution is 0.414. The summed E-state index contributed by atoms with van der Waals surface area (Å²) in [6, 6.07) is 26.5. The summed E-state index contributed by atoms with van der Waals surface area (Å²) in [7, 11) is 1.69. The number of rotatable bonds is 5. The number of hydrogen-bond acceptors (Lipinski definition) is 3. The van der Waals surface area contributed by atoms with Gasteiger partial charge in [-0.25, -0.2) is 0 Å². The minimum Gasteiger partial charge on any atom is -0.495 e. The third-order valence-corrected chi connectivity index (χ3v) is 6.15. The highest BCUT2D eigenvalue weighted by atomic mass is 32.1. The molecule has 0 spiro atoms. The maximum absolute atomic E-state index is 5.86. The maximum atomic E-state index is 5.86. The molecule has 1 saturated heterocycles. The summed E-state index contributed by atoms with van der Waals surface area (Å²) in [5, 5.41) is 4.17. The summed E-state index contributed by atoms with van der Waals surface area (Å²) in [6.45, 7) is 2.10. The van der Waals surface area contributed by atoms with Gasteiger partial charge in [0.1, 0.15) is 11.8 Å². The van der Waals surface area contributed by atoms with Gasteiger partial charge in [-0.05, 0) is 67.7 Å². The summed E-state index contributed by atoms with van der Waals surface area (Å²) in [4.78, 5) is 6.80. The first-order valence-corrected chi connectivity index (χ1v) is 11.0. The van der Waals surface area contributed by atoms with E-state index in [0.717, 1.165) is 28.5 Å². The second-order valence-electron chi connectivity index (χ2n) is 7.81. The van der Waals surface area contributed by atoms with Crippen LogP contribution in [-0.2, 0) is 0 Å². The Labute approximate surface area is 193 Å². The third-order valence-electron chi connectivity index (χ3n) is 5.84. The zero-order chi connectivity index (χ0) is 22.1. The number of aromatic nitrogens is 2. The predicted octanol–water partition coefficient (Wildman–Crippen LogP) is 5.37. The topological polar surface area (TPSA) is 42.3 Å². The molecule has 5 nitrogen and oxygen atoms in total. The van der Waals surface area contributed by atoms with Crippen molar-refractivity contribution >= 4 is 23.0 Å². The van der Waals surface area contributed by atoms with Gasteiger partial charge in [-0.1, -0.05) is 35.9 Å². The van der Waals surface area contributed by atoms with E-state index in [4.69, 9.17) is 17.0 Å². The van der Waals surface area contributed by atoms with Gasteiger partial charge in [0.25, 0.3) is 0 Å². The molecule has 2 atom stereocenters. The van der Waals surface area contributed by atoms with Gasteiger partial charge < -0.3 is 19.5 Å². The SMILES string of the molecule is COc1ccccc1N1C(=S)NC(c2ccccn2)C1c1cccn1-c1ccc(C)cc1. The zero-order valence-corrected chi connectivity index (χ0v) is 18.8. The standard InChI is InChI=1S/C26H24N4OS/c1-18-12-14-19(15-13-18)29-17-7-10-22(29)25-24(20-8-5-6-16-27-20)28-26(32)30(25)21-9-3-4-11-23(21)31-2/h3-17,24-25H,1-2H3,(H,28,32). The number of aryl methyl sites for hydroxylation is 1. The van der Waals surface area contributed by atoms with E-state index in [9.17, 15) is 0 Å². The lowest BCUT2D eigenvalue weighted by atomic mass is 10.0. The Bertz CT molecular complexity index is 1240. The first-order valence-electron chi connectivity index (χ1n) is 10.6. The molecule has 2 unspecified atom stereocenters. The second kappa shape index (κ2) is 8.48. The van der Waals surface area contributed by atoms with Gasteiger partial charge in [-0.3, -0.25) is 4.98 Å². The first-order chi connectivity index (χ1) is 15.7. The van der Waals surface area contributed by atoms with Gasteiger partial charge in [0.2, 0.25) is 0 Å². The van der Waals surface area contributed by atoms with Crippen LogP contribution in [0.2, 0.25) is 0 Å². The highest BCUT2D eigenvalue weighted by Gasteiger charge is 2.43. The lowest BCUT2D eigenvalue weighted by Crippen LogP contribution is -2.30. The Morgan fingerprint density at radius 2 is 1.72 bits per heavy atom. The summed E-state index contributed by atoms with van der Waals surface area (Å²) in [5.41, 5.74) is 5.31. The molecule has 1 aliphatic heterocycles. The fourth-order valence-corrected chi connectivity index (χ4v) is 4.66. The highest BCUT2D eigenvalue weighted by molar-refractivity contribution is 7.80. The molecule has 160 valence electrons. The molecule has 3 heterocycles. The fraction of sp³-hybridized carbons (Fsp3) is 0.154. The minimum atomic E-state index is -0.120. The average Bonchev–Trinajstić information content (AvgIpc) is 3.44. The van der Waals surface area contributed by atoms with Crippen LogP contribution in [0, 0.1) is 6.92 Å². The monoisotopic (exact) mass is 440 g/mol. The molecule has 1 N–H and O–H groups in total. The molecule has 0 saturated carbocycles. The van der Waals surface area contributed by atoms with Crippen LogP contribution in [0.4, 0.5) is 5.69 Å². The smallest absolute Gasteiger partial charge is 0.174 e. The van der Waals surface area contributed by atoms with Crippen LogP contribution in [0.25, 0.3) is 5.69 Å². The van der Waals surface area contributed by atoms with E-state index in [-0.39, 0.29) is 12.1 Å². The number of anilines is 1. The van der Waals surface area contributed by atoms with Gasteiger partial charge in [-0.2, -0.15) is 0 Å². The normalized spacial score (nSPS) is 17.9. The molecule has 2 aromatic heterocycles. The first kappa shape index (κ1) is 20.3. The largest absolute Gasteiger partial charge is 0.495 e. The molecule has 4 aromatic rings. The van der Waals surface area contributed by atoms with E-state index in [2.05, 4.69) is 69.3 Å². The number of nitrogens with one attached hydrogen (secondary N) is 1. The molecule has 0 amide bonds. The van der Waals surface area contributed by atoms with E-state index in [1.165, 1.54) is 5.56 Å². The van der Waals surface area contributed by atoms with Crippen molar-refractivity contribution in [2.24, 2.45) is 0 Å². The Morgan fingerprint density at radius 1 is 0.938 bits per heavy atom. The number of benzene rings is 2. The van der Waals surface area contributed by atoms with Crippen molar-refractivity contribution in [3.05, 3.63) is 108 Å². The Hall–Kier alpha value is -3.64. The van der Waals surface area contributed by atoms with Gasteiger partial charge in [-0.15, -0.1) is 0 Å². The van der Waals surface area contributed by atoms with Crippen LogP contribution in [0.1, 0.15) is 29.0 Å². The minimum absolute atomic E-state index is 0.118. The quantitative estimate of drug-likeness (QED) is 0.423. The second-order valence-corrected chi connectivity index (χ2v) is 8.19. The van der Waals surface area contributed by atoms with E-state index in [1.807, 2.05) is 48.7 Å². The molecular formula is C26H24N4OS. The van der Waals surface area contributed by atoms with Crippen molar-refractivity contribution in [3.8, 4) is 11.4 Å². The maximum Gasteiger partial charge on any atom is 0.174 e. The van der Waals surface area contributed by atoms with E-state index in [0.29, 0.717) is 5.11 Å². The van der Waals surface area contributed by atoms with E-state index < -0.39 is 0 Å². The number of ether oxygens (including phenoxy) is 1. The van der Waals surface area contributed by atoms with Crippen molar-refractivity contribution in [2.75, 3.05) is 12.0 Å². The molecule has 0 aliphatic carbocycles. The molecule has 1 aliphatic rings. The Balaban J connectivity index is 1.68. The summed E-state index contributed by atoms with van der Waals surface area (Å²) in [5.74, 6) is 0.775. The molecule has 5 rings (SSSR count). The summed E-state index contributed by atoms with van der Waals surface area (Å²) in [6.07, 6.45) is 3.92. The number of nitrogens with zero attached hydrogens (tertiary/aromatic N) is 3. The van der Waals surface area contributed by atoms with Crippen LogP contribution in [0.15, 0.2) is 91.3 Å². The van der Waals surface area contributed by atoms with Crippen LogP contribution < -0.4 is 15.0 Å². The Kier molecular flexibility index (Phi) is 5.37. The number of para-hydroxylation sites is 2. The molecular weight excluding hydrogens is 416 g/mol. The highest BCUT2D eigenvalue weighted by Crippen LogP contribution is 2.44. The van der Waals surface area contributed by atoms with E-state index in [1.54, 1.807) is 7.11 Å². The molecule has 32 heavy (non-hydrogen) atoms. The van der Waals surface area contributed by atoms with Gasteiger partial charge in [0.05, 0.1) is 24.5 Å². The van der Waals surface area contributed by atoms with Gasteiger partial charge in [0, 0.05) is 23.8 Å². The number of thiocarbonyl (C=S) groups is 1. The number of hydrogen-bond donors (Lipinski definition) is 1. The van der Waals surface area contributed by atoms with Gasteiger partial charge >= 0.3 is 0 Å². The van der Waals surface area contributed by atoms with Crippen molar-refractivity contribution in [1.82, 2.24) is 14.9 Å². The lowest BCUT2D eigenvalue weighted by Gasteiger charge is -2.30. The predicted molar refractivity (Wildman–Crippen MR) is 131 cm³/mol.